The summed E-state index contributed by atoms with van der Waals surface area (Å²) in [4.78, 5) is 0. The third kappa shape index (κ3) is 28.9. The first-order chi connectivity index (χ1) is 8.74. The molecular weight excluding hydrogens is 448 g/mol. The summed E-state index contributed by atoms with van der Waals surface area (Å²) in [5.41, 5.74) is 2.68. The average Bonchev–Trinajstić information content (AvgIpc) is 2.68. The second-order valence-corrected chi connectivity index (χ2v) is 10.4. The van der Waals surface area contributed by atoms with Crippen molar-refractivity contribution in [1.29, 1.82) is 0 Å². The Morgan fingerprint density at radius 2 is 0.952 bits per heavy atom. The first-order valence-corrected chi connectivity index (χ1v) is 12.1. The molecule has 0 radical (unpaired) electrons. The minimum absolute atomic E-state index is 0. The zero-order valence-electron chi connectivity index (χ0n) is 11.9. The van der Waals surface area contributed by atoms with Crippen LogP contribution in [-0.2, 0) is 17.1 Å². The van der Waals surface area contributed by atoms with E-state index in [9.17, 15) is 16.9 Å². The first-order valence-electron chi connectivity index (χ1n) is 6.34. The van der Waals surface area contributed by atoms with Gasteiger partial charge in [0.25, 0.3) is 0 Å². The van der Waals surface area contributed by atoms with Gasteiger partial charge in [0.05, 0.1) is 0 Å². The van der Waals surface area contributed by atoms with Crippen LogP contribution in [0.2, 0.25) is 0 Å². The molecule has 0 nitrogen and oxygen atoms in total. The molecule has 8 heteroatoms. The van der Waals surface area contributed by atoms with Crippen molar-refractivity contribution in [1.82, 2.24) is 0 Å². The molecule has 0 atom stereocenters. The predicted octanol–water partition coefficient (Wildman–Crippen LogP) is 6.39. The van der Waals surface area contributed by atoms with Crippen molar-refractivity contribution < 1.29 is 33.9 Å². The van der Waals surface area contributed by atoms with E-state index in [-0.39, 0.29) is 17.1 Å². The summed E-state index contributed by atoms with van der Waals surface area (Å²) in [7, 11) is 0. The van der Waals surface area contributed by atoms with Crippen LogP contribution in [0.5, 0.6) is 0 Å². The zero-order chi connectivity index (χ0) is 15.9. The topological polar surface area (TPSA) is 0 Å². The van der Waals surface area contributed by atoms with Crippen LogP contribution in [0, 0.1) is 13.8 Å². The van der Waals surface area contributed by atoms with Crippen molar-refractivity contribution in [2.45, 2.75) is 46.0 Å². The van der Waals surface area contributed by atoms with E-state index in [4.69, 9.17) is 0 Å². The van der Waals surface area contributed by atoms with E-state index < -0.39 is 19.5 Å². The van der Waals surface area contributed by atoms with Gasteiger partial charge in [-0.05, 0) is 13.8 Å². The van der Waals surface area contributed by atoms with Gasteiger partial charge in [0.1, 0.15) is 0 Å². The van der Waals surface area contributed by atoms with Crippen molar-refractivity contribution in [3.63, 3.8) is 0 Å². The normalized spacial score (nSPS) is 17.0. The van der Waals surface area contributed by atoms with Gasteiger partial charge in [-0.3, -0.25) is 0 Å². The minimum Gasteiger partial charge on any atom is 0 e. The molecule has 2 rings (SSSR count). The Kier molecular flexibility index (Phi) is 9.05. The molecule has 0 spiro atoms. The van der Waals surface area contributed by atoms with Gasteiger partial charge >= 0.3 is 36.4 Å². The number of hydrogen-bond donors (Lipinski definition) is 0. The molecule has 0 aromatic heterocycles. The summed E-state index contributed by atoms with van der Waals surface area (Å²) in [5.74, 6) is 0. The van der Waals surface area contributed by atoms with E-state index in [0.29, 0.717) is 0 Å². The molecule has 1 aromatic carbocycles. The fraction of sp³-hybridized carbons (Fsp3) is 0.538. The molecule has 0 heterocycles. The standard InChI is InChI=1S/C8H10.C5H10.6FH.Fe.Sb/c1-7-4-3-5-8(2)6-7;1-2-4-5-3-1;;;;;;;;/h3-6H,1-2H3;1-5H2;6*1H;;/q;;;;;;;;;+5/p-6. The number of rotatable bonds is 0. The SMILES string of the molecule is C1CCCC1.Cc1cccc(C)c1.[F][Sb-]([F])([F])([F])([F])[F].[Fe]. The van der Waals surface area contributed by atoms with Gasteiger partial charge in [-0.2, -0.15) is 0 Å². The molecule has 21 heavy (non-hydrogen) atoms. The van der Waals surface area contributed by atoms with Gasteiger partial charge in [0, 0.05) is 17.1 Å². The summed E-state index contributed by atoms with van der Waals surface area (Å²) in [6.45, 7) is 4.21. The Bertz CT molecular complexity index is 375. The van der Waals surface area contributed by atoms with Crippen LogP contribution in [-0.4, -0.2) is 19.5 Å². The van der Waals surface area contributed by atoms with E-state index in [0.717, 1.165) is 0 Å². The number of benzene rings is 1. The fourth-order valence-corrected chi connectivity index (χ4v) is 1.69. The Balaban J connectivity index is 0. The molecule has 1 saturated carbocycles. The van der Waals surface area contributed by atoms with Crippen LogP contribution in [0.4, 0.5) is 16.9 Å². The maximum atomic E-state index is 9.93. The molecule has 0 bridgehead atoms. The predicted molar refractivity (Wildman–Crippen MR) is 71.4 cm³/mol. The van der Waals surface area contributed by atoms with Crippen LogP contribution in [0.25, 0.3) is 0 Å². The fourth-order valence-electron chi connectivity index (χ4n) is 1.69. The molecule has 1 aliphatic carbocycles. The average molecular weight is 468 g/mol. The Morgan fingerprint density at radius 1 is 0.714 bits per heavy atom. The molecule has 1 aromatic rings. The second kappa shape index (κ2) is 8.12. The molecule has 0 unspecified atom stereocenters. The van der Waals surface area contributed by atoms with Gasteiger partial charge in [-0.25, -0.2) is 0 Å². The monoisotopic (exact) mass is 467 g/mol. The third-order valence-electron chi connectivity index (χ3n) is 2.42. The van der Waals surface area contributed by atoms with E-state index in [1.165, 1.54) is 43.2 Å². The second-order valence-electron chi connectivity index (χ2n) is 4.88. The van der Waals surface area contributed by atoms with Gasteiger partial charge in [-0.15, -0.1) is 0 Å². The summed E-state index contributed by atoms with van der Waals surface area (Å²) in [5, 5.41) is 0. The quantitative estimate of drug-likeness (QED) is 0.306. The van der Waals surface area contributed by atoms with Crippen LogP contribution in [0.1, 0.15) is 43.2 Å². The van der Waals surface area contributed by atoms with Crippen LogP contribution >= 0.6 is 0 Å². The largest absolute Gasteiger partial charge is 0 e. The molecular formula is C13H20F6FeSb-. The number of hydrogen-bond acceptors (Lipinski definition) is 0. The van der Waals surface area contributed by atoms with Crippen molar-refractivity contribution >= 4 is 19.5 Å². The maximum Gasteiger partial charge on any atom is 0 e. The smallest absolute Gasteiger partial charge is 0 e. The number of aryl methyl sites for hydroxylation is 2. The van der Waals surface area contributed by atoms with Gasteiger partial charge in [0.15, 0.2) is 0 Å². The van der Waals surface area contributed by atoms with Crippen LogP contribution in [0.3, 0.4) is 0 Å². The first kappa shape index (κ1) is 23.4. The van der Waals surface area contributed by atoms with E-state index >= 15 is 0 Å². The minimum atomic E-state index is -11.2. The molecule has 0 saturated heterocycles. The summed E-state index contributed by atoms with van der Waals surface area (Å²) in [6, 6.07) is 8.45. The molecule has 1 aliphatic rings. The maximum absolute atomic E-state index is 11.2. The van der Waals surface area contributed by atoms with Gasteiger partial charge < -0.3 is 0 Å². The molecule has 1 fully saturated rings. The number of halogens is 6. The van der Waals surface area contributed by atoms with Crippen molar-refractivity contribution in [3.05, 3.63) is 35.4 Å². The van der Waals surface area contributed by atoms with Crippen molar-refractivity contribution in [3.8, 4) is 0 Å². The van der Waals surface area contributed by atoms with Gasteiger partial charge in [0.2, 0.25) is 0 Å². The van der Waals surface area contributed by atoms with E-state index in [1.54, 1.807) is 0 Å². The van der Waals surface area contributed by atoms with E-state index in [1.807, 2.05) is 0 Å². The van der Waals surface area contributed by atoms with Crippen LogP contribution in [0.15, 0.2) is 24.3 Å². The molecule has 0 amide bonds. The Labute approximate surface area is 134 Å². The third-order valence-corrected chi connectivity index (χ3v) is 2.42. The van der Waals surface area contributed by atoms with Crippen LogP contribution < -0.4 is 0 Å². The Hall–Kier alpha value is 0.138. The van der Waals surface area contributed by atoms with Crippen molar-refractivity contribution in [2.75, 3.05) is 0 Å². The van der Waals surface area contributed by atoms with Crippen molar-refractivity contribution in [2.24, 2.45) is 0 Å². The summed E-state index contributed by atoms with van der Waals surface area (Å²) >= 11 is -11.2. The summed E-state index contributed by atoms with van der Waals surface area (Å²) in [6.07, 6.45) is 7.50. The summed E-state index contributed by atoms with van der Waals surface area (Å²) < 4.78 is 59.6. The molecule has 128 valence electrons. The molecule has 0 aliphatic heterocycles. The zero-order valence-corrected chi connectivity index (χ0v) is 15.6. The molecule has 0 N–H and O–H groups in total. The Morgan fingerprint density at radius 3 is 1.10 bits per heavy atom. The van der Waals surface area contributed by atoms with E-state index in [2.05, 4.69) is 38.1 Å². The van der Waals surface area contributed by atoms with Gasteiger partial charge in [-0.1, -0.05) is 67.5 Å².